The SMILES string of the molecule is C=C(CS(=O)(=O)O)C(=O)OCc1ccccc1. The zero-order valence-corrected chi connectivity index (χ0v) is 9.81. The van der Waals surface area contributed by atoms with Crippen molar-refractivity contribution < 1.29 is 22.5 Å². The maximum Gasteiger partial charge on any atom is 0.334 e. The smallest absolute Gasteiger partial charge is 0.334 e. The van der Waals surface area contributed by atoms with Crippen molar-refractivity contribution in [2.45, 2.75) is 6.61 Å². The van der Waals surface area contributed by atoms with Gasteiger partial charge in [0.25, 0.3) is 10.1 Å². The van der Waals surface area contributed by atoms with Gasteiger partial charge in [-0.05, 0) is 5.56 Å². The molecule has 0 unspecified atom stereocenters. The van der Waals surface area contributed by atoms with Crippen LogP contribution in [0.2, 0.25) is 0 Å². The van der Waals surface area contributed by atoms with E-state index in [4.69, 9.17) is 9.29 Å². The van der Waals surface area contributed by atoms with Gasteiger partial charge in [-0.1, -0.05) is 36.9 Å². The van der Waals surface area contributed by atoms with Crippen LogP contribution in [-0.2, 0) is 26.3 Å². The van der Waals surface area contributed by atoms with Crippen molar-refractivity contribution in [3.05, 3.63) is 48.0 Å². The third kappa shape index (κ3) is 5.28. The van der Waals surface area contributed by atoms with E-state index in [0.717, 1.165) is 5.56 Å². The Hall–Kier alpha value is -1.66. The average Bonchev–Trinajstić information content (AvgIpc) is 2.25. The Morgan fingerprint density at radius 3 is 2.41 bits per heavy atom. The summed E-state index contributed by atoms with van der Waals surface area (Å²) in [4.78, 5) is 11.3. The molecule has 0 atom stereocenters. The molecule has 6 heteroatoms. The van der Waals surface area contributed by atoms with Crippen molar-refractivity contribution in [3.8, 4) is 0 Å². The van der Waals surface area contributed by atoms with Crippen molar-refractivity contribution in [2.75, 3.05) is 5.75 Å². The molecule has 1 N–H and O–H groups in total. The predicted molar refractivity (Wildman–Crippen MR) is 61.8 cm³/mol. The van der Waals surface area contributed by atoms with E-state index < -0.39 is 21.8 Å². The van der Waals surface area contributed by atoms with E-state index in [2.05, 4.69) is 6.58 Å². The summed E-state index contributed by atoms with van der Waals surface area (Å²) in [6, 6.07) is 8.92. The number of carbonyl (C=O) groups is 1. The van der Waals surface area contributed by atoms with Gasteiger partial charge in [0.05, 0.1) is 0 Å². The second-order valence-electron chi connectivity index (χ2n) is 3.39. The number of hydrogen-bond donors (Lipinski definition) is 1. The third-order valence-electron chi connectivity index (χ3n) is 1.86. The second kappa shape index (κ2) is 5.60. The minimum Gasteiger partial charge on any atom is -0.457 e. The van der Waals surface area contributed by atoms with Gasteiger partial charge in [-0.15, -0.1) is 0 Å². The van der Waals surface area contributed by atoms with Crippen LogP contribution in [0.25, 0.3) is 0 Å². The first-order chi connectivity index (χ1) is 7.88. The molecule has 0 radical (unpaired) electrons. The minimum atomic E-state index is -4.25. The summed E-state index contributed by atoms with van der Waals surface area (Å²) in [5, 5.41) is 0. The number of benzene rings is 1. The number of hydrogen-bond acceptors (Lipinski definition) is 4. The highest BCUT2D eigenvalue weighted by molar-refractivity contribution is 7.86. The fraction of sp³-hybridized carbons (Fsp3) is 0.182. The molecule has 0 saturated carbocycles. The van der Waals surface area contributed by atoms with Crippen molar-refractivity contribution >= 4 is 16.1 Å². The Balaban J connectivity index is 2.48. The number of rotatable bonds is 5. The van der Waals surface area contributed by atoms with E-state index in [9.17, 15) is 13.2 Å². The van der Waals surface area contributed by atoms with E-state index >= 15 is 0 Å². The molecule has 1 aromatic carbocycles. The van der Waals surface area contributed by atoms with Gasteiger partial charge in [-0.25, -0.2) is 4.79 Å². The van der Waals surface area contributed by atoms with Crippen molar-refractivity contribution in [3.63, 3.8) is 0 Å². The molecule has 0 bridgehead atoms. The molecular weight excluding hydrogens is 244 g/mol. The Morgan fingerprint density at radius 2 is 1.88 bits per heavy atom. The standard InChI is InChI=1S/C11H12O5S/c1-9(8-17(13,14)15)11(12)16-7-10-5-3-2-4-6-10/h2-6H,1,7-8H2,(H,13,14,15). The summed E-state index contributed by atoms with van der Waals surface area (Å²) >= 11 is 0. The molecule has 0 aliphatic heterocycles. The predicted octanol–water partition coefficient (Wildman–Crippen LogP) is 1.17. The van der Waals surface area contributed by atoms with Gasteiger partial charge in [0, 0.05) is 5.57 Å². The lowest BCUT2D eigenvalue weighted by Gasteiger charge is -2.05. The third-order valence-corrected chi connectivity index (χ3v) is 2.57. The van der Waals surface area contributed by atoms with Crippen molar-refractivity contribution in [2.24, 2.45) is 0 Å². The van der Waals surface area contributed by atoms with Gasteiger partial charge in [0.2, 0.25) is 0 Å². The molecule has 0 saturated heterocycles. The van der Waals surface area contributed by atoms with E-state index in [0.29, 0.717) is 0 Å². The van der Waals surface area contributed by atoms with Crippen LogP contribution >= 0.6 is 0 Å². The summed E-state index contributed by atoms with van der Waals surface area (Å²) in [6.07, 6.45) is 0. The van der Waals surface area contributed by atoms with Crippen LogP contribution in [0.15, 0.2) is 42.5 Å². The molecule has 0 heterocycles. The largest absolute Gasteiger partial charge is 0.457 e. The molecule has 0 aliphatic rings. The first-order valence-corrected chi connectivity index (χ1v) is 6.33. The average molecular weight is 256 g/mol. The normalized spacial score (nSPS) is 10.9. The lowest BCUT2D eigenvalue weighted by Crippen LogP contribution is -2.15. The first-order valence-electron chi connectivity index (χ1n) is 4.72. The Morgan fingerprint density at radius 1 is 1.29 bits per heavy atom. The van der Waals surface area contributed by atoms with Crippen molar-refractivity contribution in [1.82, 2.24) is 0 Å². The molecule has 1 aromatic rings. The van der Waals surface area contributed by atoms with Crippen LogP contribution < -0.4 is 0 Å². The monoisotopic (exact) mass is 256 g/mol. The molecule has 17 heavy (non-hydrogen) atoms. The summed E-state index contributed by atoms with van der Waals surface area (Å²) in [5.41, 5.74) is 0.476. The first kappa shape index (κ1) is 13.4. The Kier molecular flexibility index (Phi) is 4.42. The Labute approximate surface area is 99.5 Å². The van der Waals surface area contributed by atoms with Crippen LogP contribution in [0, 0.1) is 0 Å². The molecule has 1 rings (SSSR count). The van der Waals surface area contributed by atoms with E-state index in [1.807, 2.05) is 6.07 Å². The molecule has 0 amide bonds. The highest BCUT2D eigenvalue weighted by Crippen LogP contribution is 2.04. The fourth-order valence-corrected chi connectivity index (χ4v) is 1.66. The van der Waals surface area contributed by atoms with Gasteiger partial charge in [-0.3, -0.25) is 4.55 Å². The number of ether oxygens (including phenoxy) is 1. The van der Waals surface area contributed by atoms with Gasteiger partial charge >= 0.3 is 5.97 Å². The molecule has 0 fully saturated rings. The zero-order chi connectivity index (χ0) is 12.9. The molecule has 0 aromatic heterocycles. The molecule has 0 aliphatic carbocycles. The van der Waals surface area contributed by atoms with E-state index in [-0.39, 0.29) is 12.2 Å². The van der Waals surface area contributed by atoms with Crippen LogP contribution in [0.5, 0.6) is 0 Å². The summed E-state index contributed by atoms with van der Waals surface area (Å²) in [7, 11) is -4.25. The minimum absolute atomic E-state index is 0.0319. The highest BCUT2D eigenvalue weighted by atomic mass is 32.2. The number of carbonyl (C=O) groups excluding carboxylic acids is 1. The molecular formula is C11H12O5S. The highest BCUT2D eigenvalue weighted by Gasteiger charge is 2.15. The topological polar surface area (TPSA) is 80.7 Å². The Bertz CT molecular complexity index is 504. The molecule has 92 valence electrons. The fourth-order valence-electron chi connectivity index (χ4n) is 1.10. The number of esters is 1. The van der Waals surface area contributed by atoms with E-state index in [1.54, 1.807) is 24.3 Å². The second-order valence-corrected chi connectivity index (χ2v) is 4.84. The maximum atomic E-state index is 11.3. The lowest BCUT2D eigenvalue weighted by molar-refractivity contribution is -0.140. The van der Waals surface area contributed by atoms with Gasteiger partial charge in [0.15, 0.2) is 0 Å². The van der Waals surface area contributed by atoms with Gasteiger partial charge in [0.1, 0.15) is 12.4 Å². The van der Waals surface area contributed by atoms with Crippen LogP contribution in [0.4, 0.5) is 0 Å². The van der Waals surface area contributed by atoms with Gasteiger partial charge in [-0.2, -0.15) is 8.42 Å². The maximum absolute atomic E-state index is 11.3. The van der Waals surface area contributed by atoms with Crippen LogP contribution in [-0.4, -0.2) is 24.7 Å². The van der Waals surface area contributed by atoms with Gasteiger partial charge < -0.3 is 4.74 Å². The zero-order valence-electron chi connectivity index (χ0n) is 9.00. The quantitative estimate of drug-likeness (QED) is 0.486. The summed E-state index contributed by atoms with van der Waals surface area (Å²) < 4.78 is 34.4. The lowest BCUT2D eigenvalue weighted by atomic mass is 10.2. The van der Waals surface area contributed by atoms with Crippen LogP contribution in [0.1, 0.15) is 5.56 Å². The summed E-state index contributed by atoms with van der Waals surface area (Å²) in [5.74, 6) is -1.66. The van der Waals surface area contributed by atoms with Crippen LogP contribution in [0.3, 0.4) is 0 Å². The van der Waals surface area contributed by atoms with E-state index in [1.165, 1.54) is 0 Å². The summed E-state index contributed by atoms with van der Waals surface area (Å²) in [6.45, 7) is 3.27. The molecule has 0 spiro atoms. The van der Waals surface area contributed by atoms with Crippen molar-refractivity contribution in [1.29, 1.82) is 0 Å². The molecule has 5 nitrogen and oxygen atoms in total.